The largest absolute Gasteiger partial charge is 0.352 e. The SMILES string of the molecule is CC(C)c1cc2n(c1)Cc1cc(Cl)ccc1N=C2N1CCN(CC(C)(C)C=O)CC1. The van der Waals surface area contributed by atoms with E-state index in [1.807, 2.05) is 32.0 Å². The Labute approximate surface area is 184 Å². The molecule has 0 spiro atoms. The maximum Gasteiger partial charge on any atom is 0.153 e. The summed E-state index contributed by atoms with van der Waals surface area (Å²) in [6.45, 7) is 13.7. The Morgan fingerprint density at radius 3 is 2.57 bits per heavy atom. The minimum Gasteiger partial charge on any atom is -0.352 e. The molecule has 0 atom stereocenters. The van der Waals surface area contributed by atoms with Gasteiger partial charge in [-0.25, -0.2) is 4.99 Å². The van der Waals surface area contributed by atoms with E-state index in [0.29, 0.717) is 5.92 Å². The monoisotopic (exact) mass is 426 g/mol. The van der Waals surface area contributed by atoms with Gasteiger partial charge in [0.15, 0.2) is 5.84 Å². The van der Waals surface area contributed by atoms with E-state index in [2.05, 4.69) is 40.5 Å². The number of halogens is 1. The summed E-state index contributed by atoms with van der Waals surface area (Å²) in [6, 6.07) is 8.26. The van der Waals surface area contributed by atoms with Gasteiger partial charge in [-0.3, -0.25) is 4.90 Å². The number of amidine groups is 1. The van der Waals surface area contributed by atoms with Gasteiger partial charge < -0.3 is 14.3 Å². The van der Waals surface area contributed by atoms with E-state index >= 15 is 0 Å². The summed E-state index contributed by atoms with van der Waals surface area (Å²) in [5.74, 6) is 1.50. The molecule has 4 rings (SSSR count). The zero-order valence-corrected chi connectivity index (χ0v) is 19.1. The number of carbonyl (C=O) groups excluding carboxylic acids is 1. The molecule has 0 amide bonds. The number of piperazine rings is 1. The van der Waals surface area contributed by atoms with Crippen LogP contribution in [0.2, 0.25) is 5.02 Å². The molecule has 1 aromatic heterocycles. The molecule has 30 heavy (non-hydrogen) atoms. The molecule has 1 fully saturated rings. The molecule has 1 saturated heterocycles. The van der Waals surface area contributed by atoms with Gasteiger partial charge in [0.1, 0.15) is 6.29 Å². The standard InChI is InChI=1S/C24H31ClN4O/c1-17(2)18-12-22-23(28-9-7-27(8-10-28)15-24(3,4)16-30)26-21-6-5-20(25)11-19(21)14-29(22)13-18/h5-6,11-13,16-17H,7-10,14-15H2,1-4H3. The minimum absolute atomic E-state index is 0.304. The highest BCUT2D eigenvalue weighted by Gasteiger charge is 2.28. The second-order valence-corrected chi connectivity index (χ2v) is 9.96. The van der Waals surface area contributed by atoms with E-state index in [0.717, 1.165) is 67.7 Å². The van der Waals surface area contributed by atoms with Crippen LogP contribution in [0.1, 0.15) is 50.4 Å². The lowest BCUT2D eigenvalue weighted by molar-refractivity contribution is -0.115. The van der Waals surface area contributed by atoms with Crippen molar-refractivity contribution in [2.24, 2.45) is 10.4 Å². The summed E-state index contributed by atoms with van der Waals surface area (Å²) in [5, 5.41) is 0.747. The summed E-state index contributed by atoms with van der Waals surface area (Å²) in [5.41, 5.74) is 4.34. The molecule has 6 heteroatoms. The molecule has 1 aromatic carbocycles. The van der Waals surface area contributed by atoms with Crippen LogP contribution in [0, 0.1) is 5.41 Å². The number of rotatable bonds is 4. The highest BCUT2D eigenvalue weighted by Crippen LogP contribution is 2.31. The summed E-state index contributed by atoms with van der Waals surface area (Å²) in [4.78, 5) is 21.2. The van der Waals surface area contributed by atoms with Gasteiger partial charge in [-0.05, 0) is 41.3 Å². The van der Waals surface area contributed by atoms with Gasteiger partial charge in [-0.2, -0.15) is 0 Å². The molecule has 2 aliphatic rings. The molecule has 0 saturated carbocycles. The third-order valence-corrected chi connectivity index (χ3v) is 6.28. The Morgan fingerprint density at radius 1 is 1.17 bits per heavy atom. The number of hydrogen-bond acceptors (Lipinski definition) is 4. The van der Waals surface area contributed by atoms with Crippen molar-refractivity contribution in [1.29, 1.82) is 0 Å². The zero-order chi connectivity index (χ0) is 21.5. The Hall–Kier alpha value is -2.11. The van der Waals surface area contributed by atoms with Crippen LogP contribution in [-0.4, -0.2) is 59.2 Å². The van der Waals surface area contributed by atoms with Crippen molar-refractivity contribution in [2.45, 2.75) is 40.2 Å². The maximum absolute atomic E-state index is 11.3. The van der Waals surface area contributed by atoms with E-state index in [1.165, 1.54) is 11.3 Å². The van der Waals surface area contributed by atoms with Crippen LogP contribution >= 0.6 is 11.6 Å². The predicted octanol–water partition coefficient (Wildman–Crippen LogP) is 4.55. The second kappa shape index (κ2) is 8.20. The maximum atomic E-state index is 11.3. The minimum atomic E-state index is -0.304. The first-order valence-electron chi connectivity index (χ1n) is 10.8. The fraction of sp³-hybridized carbons (Fsp3) is 0.500. The van der Waals surface area contributed by atoms with Gasteiger partial charge in [-0.15, -0.1) is 0 Å². The first-order valence-corrected chi connectivity index (χ1v) is 11.1. The average molecular weight is 427 g/mol. The highest BCUT2D eigenvalue weighted by atomic mass is 35.5. The molecule has 2 aliphatic heterocycles. The van der Waals surface area contributed by atoms with Gasteiger partial charge in [0, 0.05) is 55.9 Å². The summed E-state index contributed by atoms with van der Waals surface area (Å²) in [6.07, 6.45) is 3.32. The van der Waals surface area contributed by atoms with Crippen molar-refractivity contribution in [2.75, 3.05) is 32.7 Å². The summed E-state index contributed by atoms with van der Waals surface area (Å²) in [7, 11) is 0. The van der Waals surface area contributed by atoms with Crippen molar-refractivity contribution in [3.05, 3.63) is 52.3 Å². The number of aldehydes is 1. The van der Waals surface area contributed by atoms with Crippen LogP contribution in [0.3, 0.4) is 0 Å². The van der Waals surface area contributed by atoms with Crippen LogP contribution < -0.4 is 0 Å². The average Bonchev–Trinajstić information content (AvgIpc) is 3.06. The lowest BCUT2D eigenvalue weighted by Crippen LogP contribution is -2.51. The van der Waals surface area contributed by atoms with Crippen molar-refractivity contribution in [1.82, 2.24) is 14.4 Å². The molecule has 2 aromatic rings. The van der Waals surface area contributed by atoms with Gasteiger partial charge in [0.2, 0.25) is 0 Å². The zero-order valence-electron chi connectivity index (χ0n) is 18.4. The van der Waals surface area contributed by atoms with Crippen LogP contribution in [0.5, 0.6) is 0 Å². The van der Waals surface area contributed by atoms with Crippen LogP contribution in [0.4, 0.5) is 5.69 Å². The molecule has 160 valence electrons. The number of hydrogen-bond donors (Lipinski definition) is 0. The third-order valence-electron chi connectivity index (χ3n) is 6.04. The normalized spacial score (nSPS) is 17.4. The summed E-state index contributed by atoms with van der Waals surface area (Å²) >= 11 is 6.28. The lowest BCUT2D eigenvalue weighted by Gasteiger charge is -2.38. The molecular formula is C24H31ClN4O. The predicted molar refractivity (Wildman–Crippen MR) is 123 cm³/mol. The van der Waals surface area contributed by atoms with Crippen LogP contribution in [-0.2, 0) is 11.3 Å². The summed E-state index contributed by atoms with van der Waals surface area (Å²) < 4.78 is 2.32. The molecule has 0 aliphatic carbocycles. The number of nitrogens with zero attached hydrogens (tertiary/aromatic N) is 4. The quantitative estimate of drug-likeness (QED) is 0.673. The Balaban J connectivity index is 1.64. The van der Waals surface area contributed by atoms with E-state index in [-0.39, 0.29) is 5.41 Å². The van der Waals surface area contributed by atoms with Crippen molar-refractivity contribution in [3.63, 3.8) is 0 Å². The number of carbonyl (C=O) groups is 1. The van der Waals surface area contributed by atoms with Crippen molar-refractivity contribution in [3.8, 4) is 0 Å². The van der Waals surface area contributed by atoms with Crippen LogP contribution in [0.25, 0.3) is 0 Å². The van der Waals surface area contributed by atoms with Gasteiger partial charge in [0.05, 0.1) is 11.4 Å². The number of fused-ring (bicyclic) bond motifs is 2. The van der Waals surface area contributed by atoms with Gasteiger partial charge >= 0.3 is 0 Å². The van der Waals surface area contributed by atoms with E-state index < -0.39 is 0 Å². The van der Waals surface area contributed by atoms with Crippen molar-refractivity contribution >= 4 is 29.4 Å². The Kier molecular flexibility index (Phi) is 5.78. The molecule has 3 heterocycles. The van der Waals surface area contributed by atoms with Gasteiger partial charge in [0.25, 0.3) is 0 Å². The van der Waals surface area contributed by atoms with Crippen LogP contribution in [0.15, 0.2) is 35.5 Å². The Bertz CT molecular complexity index is 968. The topological polar surface area (TPSA) is 40.8 Å². The third kappa shape index (κ3) is 4.33. The number of aliphatic imine (C=N–C) groups is 1. The highest BCUT2D eigenvalue weighted by molar-refractivity contribution is 6.30. The molecule has 0 bridgehead atoms. The lowest BCUT2D eigenvalue weighted by atomic mass is 9.95. The van der Waals surface area contributed by atoms with Crippen molar-refractivity contribution < 1.29 is 4.79 Å². The number of benzene rings is 1. The molecule has 0 N–H and O–H groups in total. The molecule has 0 radical (unpaired) electrons. The van der Waals surface area contributed by atoms with E-state index in [9.17, 15) is 4.79 Å². The Morgan fingerprint density at radius 2 is 1.90 bits per heavy atom. The first kappa shape index (κ1) is 21.1. The number of aromatic nitrogens is 1. The smallest absolute Gasteiger partial charge is 0.153 e. The molecule has 0 unspecified atom stereocenters. The molecular weight excluding hydrogens is 396 g/mol. The van der Waals surface area contributed by atoms with E-state index in [4.69, 9.17) is 16.6 Å². The first-order chi connectivity index (χ1) is 14.3. The second-order valence-electron chi connectivity index (χ2n) is 9.52. The fourth-order valence-corrected chi connectivity index (χ4v) is 4.47. The fourth-order valence-electron chi connectivity index (χ4n) is 4.28. The van der Waals surface area contributed by atoms with E-state index in [1.54, 1.807) is 0 Å². The van der Waals surface area contributed by atoms with Gasteiger partial charge in [-0.1, -0.05) is 39.3 Å². The molecule has 5 nitrogen and oxygen atoms in total.